The molecule has 0 saturated carbocycles. The average Bonchev–Trinajstić information content (AvgIpc) is 2.71. The molecule has 0 fully saturated rings. The van der Waals surface area contributed by atoms with Gasteiger partial charge in [0.05, 0.1) is 0 Å². The Labute approximate surface area is 167 Å². The van der Waals surface area contributed by atoms with Crippen molar-refractivity contribution in [1.82, 2.24) is 4.90 Å². The van der Waals surface area contributed by atoms with Crippen LogP contribution in [-0.2, 0) is 13.1 Å². The van der Waals surface area contributed by atoms with Crippen molar-refractivity contribution in [2.75, 3.05) is 6.54 Å². The lowest BCUT2D eigenvalue weighted by Gasteiger charge is -2.22. The summed E-state index contributed by atoms with van der Waals surface area (Å²) in [5, 5.41) is 0. The Balaban J connectivity index is 1.66. The number of rotatable bonds is 15. The molecule has 27 heavy (non-hydrogen) atoms. The summed E-state index contributed by atoms with van der Waals surface area (Å²) in [5.74, 6) is 0. The third-order valence-corrected chi connectivity index (χ3v) is 5.13. The van der Waals surface area contributed by atoms with Gasteiger partial charge in [0.2, 0.25) is 0 Å². The maximum Gasteiger partial charge on any atom is 0.0237 e. The first-order valence-electron chi connectivity index (χ1n) is 10.8. The highest BCUT2D eigenvalue weighted by atomic mass is 15.1. The lowest BCUT2D eigenvalue weighted by atomic mass is 10.1. The number of nitrogens with zero attached hydrogens (tertiary/aromatic N) is 1. The van der Waals surface area contributed by atoms with Crippen LogP contribution >= 0.6 is 0 Å². The fourth-order valence-electron chi connectivity index (χ4n) is 3.58. The Morgan fingerprint density at radius 1 is 0.593 bits per heavy atom. The van der Waals surface area contributed by atoms with Crippen LogP contribution in [0.5, 0.6) is 0 Å². The van der Waals surface area contributed by atoms with Gasteiger partial charge in [-0.3, -0.25) is 4.90 Å². The summed E-state index contributed by atoms with van der Waals surface area (Å²) in [4.78, 5) is 2.60. The van der Waals surface area contributed by atoms with Crippen molar-refractivity contribution in [3.63, 3.8) is 0 Å². The molecule has 0 bridgehead atoms. The minimum Gasteiger partial charge on any atom is -0.295 e. The molecule has 2 rings (SSSR count). The minimum absolute atomic E-state index is 1.04. The van der Waals surface area contributed by atoms with Crippen molar-refractivity contribution < 1.29 is 0 Å². The van der Waals surface area contributed by atoms with E-state index in [4.69, 9.17) is 0 Å². The first kappa shape index (κ1) is 21.4. The fraction of sp³-hybridized carbons (Fsp3) is 0.462. The van der Waals surface area contributed by atoms with E-state index in [1.807, 2.05) is 6.08 Å². The van der Waals surface area contributed by atoms with Gasteiger partial charge in [-0.25, -0.2) is 0 Å². The van der Waals surface area contributed by atoms with E-state index >= 15 is 0 Å². The van der Waals surface area contributed by atoms with E-state index < -0.39 is 0 Å². The molecule has 0 amide bonds. The van der Waals surface area contributed by atoms with Crippen LogP contribution in [0.2, 0.25) is 0 Å². The standard InChI is InChI=1S/C26H37N/c1-2-3-4-5-6-7-8-9-10-17-22-27(23-25-18-13-11-14-19-25)24-26-20-15-12-16-21-26/h2,11-16,18-21H,1,3-10,17,22-24H2. The van der Waals surface area contributed by atoms with Gasteiger partial charge < -0.3 is 0 Å². The molecule has 2 aromatic rings. The third kappa shape index (κ3) is 10.2. The minimum atomic E-state index is 1.04. The molecule has 0 aliphatic rings. The van der Waals surface area contributed by atoms with E-state index in [-0.39, 0.29) is 0 Å². The average molecular weight is 364 g/mol. The number of unbranched alkanes of at least 4 members (excludes halogenated alkanes) is 8. The van der Waals surface area contributed by atoms with Crippen molar-refractivity contribution in [3.05, 3.63) is 84.4 Å². The SMILES string of the molecule is C=CCCCCCCCCCCN(Cc1ccccc1)Cc1ccccc1. The Bertz CT molecular complexity index is 549. The van der Waals surface area contributed by atoms with Crippen LogP contribution < -0.4 is 0 Å². The maximum absolute atomic E-state index is 3.79. The Kier molecular flexibility index (Phi) is 11.3. The molecular formula is C26H37N. The highest BCUT2D eigenvalue weighted by Gasteiger charge is 2.07. The van der Waals surface area contributed by atoms with Gasteiger partial charge in [-0.1, -0.05) is 105 Å². The van der Waals surface area contributed by atoms with Gasteiger partial charge >= 0.3 is 0 Å². The summed E-state index contributed by atoms with van der Waals surface area (Å²) < 4.78 is 0. The number of benzene rings is 2. The van der Waals surface area contributed by atoms with Gasteiger partial charge in [0.25, 0.3) is 0 Å². The highest BCUT2D eigenvalue weighted by Crippen LogP contribution is 2.13. The zero-order chi connectivity index (χ0) is 19.0. The van der Waals surface area contributed by atoms with E-state index in [0.717, 1.165) is 13.1 Å². The van der Waals surface area contributed by atoms with Crippen LogP contribution in [0.1, 0.15) is 68.9 Å². The molecule has 0 aromatic heterocycles. The lowest BCUT2D eigenvalue weighted by Crippen LogP contribution is -2.24. The van der Waals surface area contributed by atoms with Crippen LogP contribution in [-0.4, -0.2) is 11.4 Å². The molecule has 146 valence electrons. The molecule has 0 radical (unpaired) electrons. The number of hydrogen-bond donors (Lipinski definition) is 0. The molecule has 0 atom stereocenters. The topological polar surface area (TPSA) is 3.24 Å². The third-order valence-electron chi connectivity index (χ3n) is 5.13. The molecule has 0 unspecified atom stereocenters. The summed E-state index contributed by atoms with van der Waals surface area (Å²) in [6.07, 6.45) is 14.1. The molecule has 1 heteroatoms. The van der Waals surface area contributed by atoms with E-state index in [1.54, 1.807) is 0 Å². The van der Waals surface area contributed by atoms with Gasteiger partial charge in [0.15, 0.2) is 0 Å². The first-order valence-corrected chi connectivity index (χ1v) is 10.8. The predicted molar refractivity (Wildman–Crippen MR) is 119 cm³/mol. The number of allylic oxidation sites excluding steroid dienone is 1. The second-order valence-electron chi connectivity index (χ2n) is 7.59. The lowest BCUT2D eigenvalue weighted by molar-refractivity contribution is 0.250. The monoisotopic (exact) mass is 363 g/mol. The smallest absolute Gasteiger partial charge is 0.0237 e. The summed E-state index contributed by atoms with van der Waals surface area (Å²) in [7, 11) is 0. The second-order valence-corrected chi connectivity index (χ2v) is 7.59. The van der Waals surface area contributed by atoms with Crippen LogP contribution in [0, 0.1) is 0 Å². The van der Waals surface area contributed by atoms with Gasteiger partial charge in [-0.05, 0) is 36.9 Å². The van der Waals surface area contributed by atoms with E-state index in [2.05, 4.69) is 72.1 Å². The van der Waals surface area contributed by atoms with E-state index in [9.17, 15) is 0 Å². The molecule has 0 aliphatic carbocycles. The van der Waals surface area contributed by atoms with Gasteiger partial charge in [-0.2, -0.15) is 0 Å². The molecule has 2 aromatic carbocycles. The molecule has 0 saturated heterocycles. The molecule has 1 nitrogen and oxygen atoms in total. The quantitative estimate of drug-likeness (QED) is 0.235. The molecule has 0 heterocycles. The van der Waals surface area contributed by atoms with E-state index in [1.165, 1.54) is 75.5 Å². The molecular weight excluding hydrogens is 326 g/mol. The van der Waals surface area contributed by atoms with Gasteiger partial charge in [-0.15, -0.1) is 6.58 Å². The summed E-state index contributed by atoms with van der Waals surface area (Å²) >= 11 is 0. The fourth-order valence-corrected chi connectivity index (χ4v) is 3.58. The highest BCUT2D eigenvalue weighted by molar-refractivity contribution is 5.17. The van der Waals surface area contributed by atoms with Gasteiger partial charge in [0.1, 0.15) is 0 Å². The zero-order valence-electron chi connectivity index (χ0n) is 17.0. The van der Waals surface area contributed by atoms with Crippen LogP contribution in [0.15, 0.2) is 73.3 Å². The molecule has 0 spiro atoms. The Morgan fingerprint density at radius 2 is 1.04 bits per heavy atom. The van der Waals surface area contributed by atoms with Gasteiger partial charge in [0, 0.05) is 13.1 Å². The first-order chi connectivity index (χ1) is 13.4. The Hall–Kier alpha value is -1.86. The molecule has 0 aliphatic heterocycles. The van der Waals surface area contributed by atoms with E-state index in [0.29, 0.717) is 0 Å². The van der Waals surface area contributed by atoms with Crippen LogP contribution in [0.4, 0.5) is 0 Å². The van der Waals surface area contributed by atoms with Crippen LogP contribution in [0.25, 0.3) is 0 Å². The maximum atomic E-state index is 3.79. The molecule has 0 N–H and O–H groups in total. The largest absolute Gasteiger partial charge is 0.295 e. The van der Waals surface area contributed by atoms with Crippen molar-refractivity contribution >= 4 is 0 Å². The predicted octanol–water partition coefficient (Wildman–Crippen LogP) is 7.39. The van der Waals surface area contributed by atoms with Crippen molar-refractivity contribution in [2.24, 2.45) is 0 Å². The number of hydrogen-bond acceptors (Lipinski definition) is 1. The zero-order valence-corrected chi connectivity index (χ0v) is 17.0. The van der Waals surface area contributed by atoms with Crippen molar-refractivity contribution in [3.8, 4) is 0 Å². The van der Waals surface area contributed by atoms with Crippen molar-refractivity contribution in [2.45, 2.75) is 70.9 Å². The summed E-state index contributed by atoms with van der Waals surface area (Å²) in [6.45, 7) is 7.06. The van der Waals surface area contributed by atoms with Crippen LogP contribution in [0.3, 0.4) is 0 Å². The van der Waals surface area contributed by atoms with Crippen molar-refractivity contribution in [1.29, 1.82) is 0 Å². The summed E-state index contributed by atoms with van der Waals surface area (Å²) in [6, 6.07) is 21.7. The summed E-state index contributed by atoms with van der Waals surface area (Å²) in [5.41, 5.74) is 2.82. The second kappa shape index (κ2) is 14.2. The normalized spacial score (nSPS) is 11.0. The Morgan fingerprint density at radius 3 is 1.52 bits per heavy atom.